The number of hydrogen-bond donors (Lipinski definition) is 3. The fourth-order valence-electron chi connectivity index (χ4n) is 1.65. The van der Waals surface area contributed by atoms with Gasteiger partial charge >= 0.3 is 12.1 Å². The number of carboxylic acid groups (broad SMARTS) is 1. The van der Waals surface area contributed by atoms with E-state index in [0.29, 0.717) is 5.56 Å². The van der Waals surface area contributed by atoms with Gasteiger partial charge in [-0.3, -0.25) is 10.1 Å². The van der Waals surface area contributed by atoms with Crippen LogP contribution in [0.5, 0.6) is 0 Å². The topological polar surface area (TPSA) is 69.6 Å². The molecular formula is C13H16F3NO3. The summed E-state index contributed by atoms with van der Waals surface area (Å²) in [4.78, 5) is 11.0. The normalized spacial score (nSPS) is 14.9. The van der Waals surface area contributed by atoms with Gasteiger partial charge in [0.15, 0.2) is 0 Å². The molecular weight excluding hydrogens is 275 g/mol. The van der Waals surface area contributed by atoms with Crippen LogP contribution in [0.3, 0.4) is 0 Å². The van der Waals surface area contributed by atoms with Crippen molar-refractivity contribution in [2.75, 3.05) is 6.61 Å². The summed E-state index contributed by atoms with van der Waals surface area (Å²) in [5.74, 6) is -1.23. The van der Waals surface area contributed by atoms with Gasteiger partial charge < -0.3 is 10.2 Å². The van der Waals surface area contributed by atoms with Crippen molar-refractivity contribution in [2.45, 2.75) is 32.1 Å². The highest BCUT2D eigenvalue weighted by molar-refractivity contribution is 5.78. The highest BCUT2D eigenvalue weighted by atomic mass is 19.4. The molecule has 1 rings (SSSR count). The van der Waals surface area contributed by atoms with E-state index in [9.17, 15) is 18.0 Å². The molecule has 7 heteroatoms. The Labute approximate surface area is 114 Å². The third kappa shape index (κ3) is 3.71. The molecule has 112 valence electrons. The molecule has 4 nitrogen and oxygen atoms in total. The fourth-order valence-corrected chi connectivity index (χ4v) is 1.65. The average Bonchev–Trinajstić information content (AvgIpc) is 2.34. The Morgan fingerprint density at radius 3 is 2.35 bits per heavy atom. The van der Waals surface area contributed by atoms with Gasteiger partial charge in [-0.05, 0) is 31.0 Å². The number of aliphatic hydroxyl groups excluding tert-OH is 1. The summed E-state index contributed by atoms with van der Waals surface area (Å²) in [5, 5.41) is 20.6. The van der Waals surface area contributed by atoms with Crippen LogP contribution in [-0.4, -0.2) is 28.3 Å². The number of rotatable bonds is 5. The van der Waals surface area contributed by atoms with Crippen LogP contribution in [0.25, 0.3) is 0 Å². The van der Waals surface area contributed by atoms with E-state index in [-0.39, 0.29) is 12.1 Å². The first-order valence-corrected chi connectivity index (χ1v) is 5.86. The molecule has 1 atom stereocenters. The van der Waals surface area contributed by atoms with Crippen LogP contribution >= 0.6 is 0 Å². The number of aryl methyl sites for hydroxylation is 1. The van der Waals surface area contributed by atoms with E-state index in [0.717, 1.165) is 6.07 Å². The lowest BCUT2D eigenvalue weighted by Gasteiger charge is -2.24. The Hall–Kier alpha value is -1.60. The van der Waals surface area contributed by atoms with Crippen molar-refractivity contribution in [2.24, 2.45) is 0 Å². The zero-order chi connectivity index (χ0) is 15.6. The lowest BCUT2D eigenvalue weighted by atomic mass is 10.0. The van der Waals surface area contributed by atoms with E-state index >= 15 is 0 Å². The van der Waals surface area contributed by atoms with Gasteiger partial charge in [0.05, 0.1) is 12.2 Å². The molecule has 0 heterocycles. The average molecular weight is 291 g/mol. The number of carboxylic acids is 1. The minimum absolute atomic E-state index is 0.0440. The molecule has 0 unspecified atom stereocenters. The Morgan fingerprint density at radius 2 is 1.95 bits per heavy atom. The Balaban J connectivity index is 2.86. The zero-order valence-electron chi connectivity index (χ0n) is 11.1. The molecule has 1 aromatic rings. The Bertz CT molecular complexity index is 502. The quantitative estimate of drug-likeness (QED) is 0.775. The molecule has 1 aromatic carbocycles. The molecule has 0 amide bonds. The number of nitrogens with one attached hydrogen (secondary N) is 1. The Kier molecular flexibility index (Phi) is 4.77. The predicted octanol–water partition coefficient (Wildman–Crippen LogP) is 1.94. The van der Waals surface area contributed by atoms with Crippen molar-refractivity contribution in [3.05, 3.63) is 34.9 Å². The van der Waals surface area contributed by atoms with Crippen molar-refractivity contribution >= 4 is 5.97 Å². The summed E-state index contributed by atoms with van der Waals surface area (Å²) >= 11 is 0. The van der Waals surface area contributed by atoms with E-state index in [4.69, 9.17) is 10.2 Å². The van der Waals surface area contributed by atoms with Crippen molar-refractivity contribution in [3.8, 4) is 0 Å². The maximum Gasteiger partial charge on any atom is 0.416 e. The van der Waals surface area contributed by atoms with Crippen molar-refractivity contribution < 1.29 is 28.2 Å². The van der Waals surface area contributed by atoms with Gasteiger partial charge in [-0.2, -0.15) is 13.2 Å². The highest BCUT2D eigenvalue weighted by Gasteiger charge is 2.33. The number of hydrogen-bond acceptors (Lipinski definition) is 3. The van der Waals surface area contributed by atoms with E-state index in [1.165, 1.54) is 26.0 Å². The smallest absolute Gasteiger partial charge is 0.416 e. The first-order chi connectivity index (χ1) is 9.10. The minimum Gasteiger partial charge on any atom is -0.480 e. The third-order valence-electron chi connectivity index (χ3n) is 3.07. The van der Waals surface area contributed by atoms with E-state index in [2.05, 4.69) is 5.32 Å². The van der Waals surface area contributed by atoms with Gasteiger partial charge in [0.25, 0.3) is 0 Å². The highest BCUT2D eigenvalue weighted by Crippen LogP contribution is 2.32. The molecule has 3 N–H and O–H groups in total. The lowest BCUT2D eigenvalue weighted by molar-refractivity contribution is -0.146. The van der Waals surface area contributed by atoms with Gasteiger partial charge in [-0.25, -0.2) is 0 Å². The van der Waals surface area contributed by atoms with Crippen molar-refractivity contribution in [3.63, 3.8) is 0 Å². The third-order valence-corrected chi connectivity index (χ3v) is 3.07. The van der Waals surface area contributed by atoms with Crippen LogP contribution in [0.4, 0.5) is 13.2 Å². The van der Waals surface area contributed by atoms with Crippen LogP contribution in [0.15, 0.2) is 18.2 Å². The molecule has 0 bridgehead atoms. The summed E-state index contributed by atoms with van der Waals surface area (Å²) in [6.45, 7) is 2.06. The maximum absolute atomic E-state index is 12.6. The second-order valence-electron chi connectivity index (χ2n) is 4.80. The second-order valence-corrected chi connectivity index (χ2v) is 4.80. The monoisotopic (exact) mass is 291 g/mol. The summed E-state index contributed by atoms with van der Waals surface area (Å²) in [5.41, 5.74) is -1.67. The molecule has 0 aromatic heterocycles. The van der Waals surface area contributed by atoms with Gasteiger partial charge in [-0.15, -0.1) is 0 Å². The molecule has 0 aliphatic carbocycles. The fraction of sp³-hybridized carbons (Fsp3) is 0.462. The largest absolute Gasteiger partial charge is 0.480 e. The summed E-state index contributed by atoms with van der Waals surface area (Å²) in [6.07, 6.45) is -4.41. The van der Waals surface area contributed by atoms with Crippen LogP contribution in [0.2, 0.25) is 0 Å². The number of alkyl halides is 3. The zero-order valence-corrected chi connectivity index (χ0v) is 11.1. The van der Waals surface area contributed by atoms with Crippen LogP contribution in [-0.2, 0) is 17.5 Å². The first-order valence-electron chi connectivity index (χ1n) is 5.86. The molecule has 0 aliphatic heterocycles. The maximum atomic E-state index is 12.6. The molecule has 0 spiro atoms. The van der Waals surface area contributed by atoms with Crippen molar-refractivity contribution in [1.29, 1.82) is 0 Å². The van der Waals surface area contributed by atoms with Gasteiger partial charge in [0.2, 0.25) is 0 Å². The molecule has 0 aliphatic rings. The number of benzene rings is 1. The van der Waals surface area contributed by atoms with Crippen LogP contribution < -0.4 is 5.32 Å². The van der Waals surface area contributed by atoms with Gasteiger partial charge in [0.1, 0.15) is 5.54 Å². The molecule has 0 saturated heterocycles. The molecule has 0 radical (unpaired) electrons. The number of aliphatic hydroxyl groups is 1. The van der Waals surface area contributed by atoms with Gasteiger partial charge in [-0.1, -0.05) is 12.1 Å². The summed E-state index contributed by atoms with van der Waals surface area (Å²) in [7, 11) is 0. The van der Waals surface area contributed by atoms with Crippen LogP contribution in [0, 0.1) is 6.92 Å². The molecule has 20 heavy (non-hydrogen) atoms. The second kappa shape index (κ2) is 5.80. The van der Waals surface area contributed by atoms with E-state index < -0.39 is 29.9 Å². The molecule has 0 fully saturated rings. The molecule has 0 saturated carbocycles. The van der Waals surface area contributed by atoms with E-state index in [1.807, 2.05) is 0 Å². The standard InChI is InChI=1S/C13H16F3NO3/c1-8-5-9(3-4-10(8)13(14,15)16)6-17-12(2,7-18)11(19)20/h3-5,17-18H,6-7H2,1-2H3,(H,19,20)/t12-/m1/s1. The number of carbonyl (C=O) groups is 1. The summed E-state index contributed by atoms with van der Waals surface area (Å²) < 4.78 is 37.8. The van der Waals surface area contributed by atoms with E-state index in [1.54, 1.807) is 0 Å². The minimum atomic E-state index is -4.41. The number of aliphatic carboxylic acids is 1. The number of halogens is 3. The van der Waals surface area contributed by atoms with Gasteiger partial charge in [0, 0.05) is 6.54 Å². The lowest BCUT2D eigenvalue weighted by Crippen LogP contribution is -2.52. The SMILES string of the molecule is Cc1cc(CN[C@](C)(CO)C(=O)O)ccc1C(F)(F)F. The first kappa shape index (κ1) is 16.5. The van der Waals surface area contributed by atoms with Crippen molar-refractivity contribution in [1.82, 2.24) is 5.32 Å². The predicted molar refractivity (Wildman–Crippen MR) is 66.1 cm³/mol. The summed E-state index contributed by atoms with van der Waals surface area (Å²) in [6, 6.07) is 3.58. The van der Waals surface area contributed by atoms with Crippen LogP contribution in [0.1, 0.15) is 23.6 Å². The Morgan fingerprint density at radius 1 is 1.35 bits per heavy atom.